The van der Waals surface area contributed by atoms with Crippen LogP contribution in [0.3, 0.4) is 0 Å². The van der Waals surface area contributed by atoms with E-state index in [1.807, 2.05) is 11.3 Å². The molecule has 0 unspecified atom stereocenters. The number of benzene rings is 2. The Kier molecular flexibility index (Phi) is 5.42. The molecule has 0 amide bonds. The van der Waals surface area contributed by atoms with Gasteiger partial charge in [0.1, 0.15) is 0 Å². The van der Waals surface area contributed by atoms with Gasteiger partial charge in [-0.2, -0.15) is 0 Å². The van der Waals surface area contributed by atoms with Gasteiger partial charge in [-0.25, -0.2) is 0 Å². The van der Waals surface area contributed by atoms with E-state index in [9.17, 15) is 0 Å². The molecule has 4 heteroatoms. The van der Waals surface area contributed by atoms with E-state index in [1.165, 1.54) is 49.1 Å². The first-order valence-electron chi connectivity index (χ1n) is 8.32. The Balaban J connectivity index is 2.31. The third kappa shape index (κ3) is 3.44. The van der Waals surface area contributed by atoms with Gasteiger partial charge in [-0.05, 0) is 0 Å². The van der Waals surface area contributed by atoms with E-state index >= 15 is 0 Å². The first kappa shape index (κ1) is 18.7. The summed E-state index contributed by atoms with van der Waals surface area (Å²) in [5.41, 5.74) is 10.4. The third-order valence-electron chi connectivity index (χ3n) is 4.53. The summed E-state index contributed by atoms with van der Waals surface area (Å²) in [6, 6.07) is 9.04. The second-order valence-corrected chi connectivity index (χ2v) is 8.76. The zero-order chi connectivity index (χ0) is 18.3. The van der Waals surface area contributed by atoms with Gasteiger partial charge in [-0.1, -0.05) is 0 Å². The fourth-order valence-corrected chi connectivity index (χ4v) is 5.65. The van der Waals surface area contributed by atoms with Crippen LogP contribution in [0.4, 0.5) is 0 Å². The average Bonchev–Trinajstić information content (AvgIpc) is 2.88. The van der Waals surface area contributed by atoms with Gasteiger partial charge >= 0.3 is 168 Å². The van der Waals surface area contributed by atoms with Crippen molar-refractivity contribution in [3.05, 3.63) is 74.4 Å². The standard InChI is InChI=1S/C21H24N2.Cu.HI/c1-14-9-16(3)20(17(4)10-14)22-7-8-23(13-22)21-18(5)11-15(2)12-19(21)6;;/h7-12H,1-6H3;;1H/q;+1;/p-1. The molecule has 25 heavy (non-hydrogen) atoms. The van der Waals surface area contributed by atoms with Crippen LogP contribution < -0.4 is 0 Å². The number of nitrogens with zero attached hydrogens (tertiary/aromatic N) is 2. The maximum atomic E-state index is 2.38. The van der Waals surface area contributed by atoms with Crippen LogP contribution >= 0.6 is 20.3 Å². The van der Waals surface area contributed by atoms with Gasteiger partial charge in [0.2, 0.25) is 0 Å². The molecule has 136 valence electrons. The number of imidazole rings is 1. The topological polar surface area (TPSA) is 9.86 Å². The molecule has 0 spiro atoms. The zero-order valence-corrected chi connectivity index (χ0v) is 18.6. The van der Waals surface area contributed by atoms with Gasteiger partial charge in [0, 0.05) is 0 Å². The maximum absolute atomic E-state index is 2.38. The molecule has 0 bridgehead atoms. The molecule has 0 radical (unpaired) electrons. The number of hydrogen-bond acceptors (Lipinski definition) is 0. The van der Waals surface area contributed by atoms with Gasteiger partial charge in [-0.15, -0.1) is 0 Å². The van der Waals surface area contributed by atoms with E-state index in [1.54, 1.807) is 0 Å². The molecule has 1 heterocycles. The summed E-state index contributed by atoms with van der Waals surface area (Å²) in [6.45, 7) is 13.1. The first-order valence-corrected chi connectivity index (χ1v) is 11.8. The SMILES string of the molecule is Cc1cc(C)c(-n2ccn(-c3c(C)cc(C)cc3C)[c]2=[Cu][I])c(C)c1. The van der Waals surface area contributed by atoms with Crippen molar-refractivity contribution >= 4 is 20.3 Å². The molecule has 3 rings (SSSR count). The monoisotopic (exact) mass is 494 g/mol. The predicted molar refractivity (Wildman–Crippen MR) is 111 cm³/mol. The fourth-order valence-electron chi connectivity index (χ4n) is 3.84. The minimum absolute atomic E-state index is 1.20. The second kappa shape index (κ2) is 7.26. The summed E-state index contributed by atoms with van der Waals surface area (Å²) in [7, 11) is 0. The van der Waals surface area contributed by atoms with Gasteiger partial charge in [0.15, 0.2) is 0 Å². The summed E-state index contributed by atoms with van der Waals surface area (Å²) in [5.74, 6) is 0. The summed E-state index contributed by atoms with van der Waals surface area (Å²) in [6.07, 6.45) is 4.36. The second-order valence-electron chi connectivity index (χ2n) is 6.82. The molecule has 0 aliphatic heterocycles. The fraction of sp³-hybridized carbons (Fsp3) is 0.286. The number of aryl methyl sites for hydroxylation is 6. The molecule has 0 aliphatic carbocycles. The van der Waals surface area contributed by atoms with E-state index in [-0.39, 0.29) is 0 Å². The number of halogens is 1. The van der Waals surface area contributed by atoms with Crippen LogP contribution in [-0.2, 0) is 11.3 Å². The van der Waals surface area contributed by atoms with Crippen LogP contribution in [0, 0.1) is 45.9 Å². The average molecular weight is 495 g/mol. The molecule has 2 nitrogen and oxygen atoms in total. The van der Waals surface area contributed by atoms with Crippen LogP contribution in [0.15, 0.2) is 36.7 Å². The van der Waals surface area contributed by atoms with Gasteiger partial charge in [0.05, 0.1) is 0 Å². The quantitative estimate of drug-likeness (QED) is 0.302. The Hall–Kier alpha value is -1.10. The van der Waals surface area contributed by atoms with E-state index in [4.69, 9.17) is 0 Å². The van der Waals surface area contributed by atoms with Crippen molar-refractivity contribution in [3.8, 4) is 11.4 Å². The number of hydrogen-bond donors (Lipinski definition) is 0. The van der Waals surface area contributed by atoms with Crippen molar-refractivity contribution < 1.29 is 11.3 Å². The Morgan fingerprint density at radius 2 is 0.960 bits per heavy atom. The molecular formula is C21H24CuIN2. The summed E-state index contributed by atoms with van der Waals surface area (Å²) >= 11 is 4.24. The molecule has 3 aromatic rings. The van der Waals surface area contributed by atoms with Gasteiger partial charge in [0.25, 0.3) is 0 Å². The Labute approximate surface area is 167 Å². The Morgan fingerprint density at radius 3 is 1.24 bits per heavy atom. The van der Waals surface area contributed by atoms with E-state index < -0.39 is 0 Å². The number of rotatable bonds is 2. The van der Waals surface area contributed by atoms with Crippen molar-refractivity contribution in [1.82, 2.24) is 9.13 Å². The molecule has 0 saturated heterocycles. The van der Waals surface area contributed by atoms with Gasteiger partial charge < -0.3 is 0 Å². The molecule has 0 aliphatic rings. The normalized spacial score (nSPS) is 11.3. The summed E-state index contributed by atoms with van der Waals surface area (Å²) in [5, 5.41) is 0. The molecule has 1 aromatic heterocycles. The number of aromatic nitrogens is 2. The van der Waals surface area contributed by atoms with Crippen molar-refractivity contribution in [1.29, 1.82) is 0 Å². The van der Waals surface area contributed by atoms with Crippen LogP contribution in [0.2, 0.25) is 0 Å². The molecule has 0 atom stereocenters. The van der Waals surface area contributed by atoms with Crippen molar-refractivity contribution in [2.24, 2.45) is 0 Å². The molecule has 0 fully saturated rings. The Bertz CT molecular complexity index is 901. The van der Waals surface area contributed by atoms with Crippen molar-refractivity contribution in [3.63, 3.8) is 0 Å². The van der Waals surface area contributed by atoms with E-state index in [2.05, 4.69) is 108 Å². The predicted octanol–water partition coefficient (Wildman–Crippen LogP) is 6.08. The molecule has 0 saturated carbocycles. The molecule has 0 N–H and O–H groups in total. The first-order chi connectivity index (χ1) is 11.8. The Morgan fingerprint density at radius 1 is 0.640 bits per heavy atom. The van der Waals surface area contributed by atoms with Gasteiger partial charge in [-0.3, -0.25) is 0 Å². The van der Waals surface area contributed by atoms with Crippen molar-refractivity contribution in [2.75, 3.05) is 0 Å². The van der Waals surface area contributed by atoms with Crippen LogP contribution in [0.1, 0.15) is 33.4 Å². The van der Waals surface area contributed by atoms with Crippen LogP contribution in [0.25, 0.3) is 11.4 Å². The summed E-state index contributed by atoms with van der Waals surface area (Å²) in [4.78, 5) is 0. The third-order valence-corrected chi connectivity index (χ3v) is 6.34. The van der Waals surface area contributed by atoms with E-state index in [0.29, 0.717) is 0 Å². The van der Waals surface area contributed by atoms with Crippen LogP contribution in [-0.4, -0.2) is 9.13 Å². The minimum atomic E-state index is 1.20. The zero-order valence-electron chi connectivity index (χ0n) is 15.5. The molecule has 2 aromatic carbocycles. The summed E-state index contributed by atoms with van der Waals surface area (Å²) < 4.78 is 5.83. The van der Waals surface area contributed by atoms with Crippen LogP contribution in [0.5, 0.6) is 0 Å². The van der Waals surface area contributed by atoms with Crippen molar-refractivity contribution in [2.45, 2.75) is 41.5 Å². The molecular weight excluding hydrogens is 471 g/mol. The van der Waals surface area contributed by atoms with E-state index in [0.717, 1.165) is 0 Å².